The van der Waals surface area contributed by atoms with Crippen molar-refractivity contribution in [2.24, 2.45) is 11.8 Å². The van der Waals surface area contributed by atoms with Gasteiger partial charge in [0.15, 0.2) is 0 Å². The predicted octanol–water partition coefficient (Wildman–Crippen LogP) is 4.71. The van der Waals surface area contributed by atoms with Crippen LogP contribution in [0.2, 0.25) is 0 Å². The third kappa shape index (κ3) is 3.03. The molecule has 2 heterocycles. The zero-order valence-electron chi connectivity index (χ0n) is 19.3. The van der Waals surface area contributed by atoms with Gasteiger partial charge in [-0.25, -0.2) is 4.90 Å². The lowest BCUT2D eigenvalue weighted by Gasteiger charge is -2.28. The number of carbonyl (C=O) groups is 4. The van der Waals surface area contributed by atoms with Gasteiger partial charge in [-0.1, -0.05) is 66.2 Å². The molecule has 6 rings (SSSR count). The highest BCUT2D eigenvalue weighted by molar-refractivity contribution is 6.37. The lowest BCUT2D eigenvalue weighted by molar-refractivity contribution is -0.137. The highest BCUT2D eigenvalue weighted by Gasteiger charge is 2.75. The van der Waals surface area contributed by atoms with Crippen molar-refractivity contribution in [1.82, 2.24) is 0 Å². The number of nitrogens with zero attached hydrogens (tertiary/aromatic N) is 1. The summed E-state index contributed by atoms with van der Waals surface area (Å²) in [5.41, 5.74) is -2.75. The molecule has 0 unspecified atom stereocenters. The van der Waals surface area contributed by atoms with Gasteiger partial charge in [-0.3, -0.25) is 19.2 Å². The first-order valence-electron chi connectivity index (χ1n) is 11.5. The van der Waals surface area contributed by atoms with E-state index in [1.807, 2.05) is 6.92 Å². The van der Waals surface area contributed by atoms with Crippen LogP contribution in [0.5, 0.6) is 0 Å². The third-order valence-electron chi connectivity index (χ3n) is 7.38. The number of halogens is 3. The van der Waals surface area contributed by atoms with Crippen LogP contribution in [0.1, 0.15) is 43.5 Å². The van der Waals surface area contributed by atoms with E-state index >= 15 is 0 Å². The van der Waals surface area contributed by atoms with Crippen molar-refractivity contribution in [2.75, 3.05) is 4.90 Å². The smallest absolute Gasteiger partial charge is 0.349 e. The van der Waals surface area contributed by atoms with Gasteiger partial charge in [0.2, 0.25) is 29.0 Å². The molecule has 186 valence electrons. The molecule has 2 fully saturated rings. The number of Topliss-reactive ketones (excluding diaryl/α,β-unsaturated/α-hetero) is 2. The number of rotatable bonds is 2. The number of alkyl halides is 3. The van der Waals surface area contributed by atoms with E-state index in [9.17, 15) is 32.3 Å². The van der Waals surface area contributed by atoms with Crippen LogP contribution in [0.25, 0.3) is 0 Å². The van der Waals surface area contributed by atoms with Crippen LogP contribution < -0.4 is 4.90 Å². The van der Waals surface area contributed by atoms with Crippen molar-refractivity contribution in [1.29, 1.82) is 0 Å². The zero-order valence-corrected chi connectivity index (χ0v) is 19.3. The number of anilines is 1. The average Bonchev–Trinajstić information content (AvgIpc) is 3.44. The lowest BCUT2D eigenvalue weighted by Crippen LogP contribution is -2.51. The van der Waals surface area contributed by atoms with Gasteiger partial charge < -0.3 is 4.74 Å². The van der Waals surface area contributed by atoms with Gasteiger partial charge in [-0.2, -0.15) is 13.2 Å². The van der Waals surface area contributed by atoms with Gasteiger partial charge >= 0.3 is 6.18 Å². The second kappa shape index (κ2) is 7.69. The molecule has 2 aliphatic heterocycles. The molecule has 3 atom stereocenters. The highest BCUT2D eigenvalue weighted by atomic mass is 19.4. The number of amides is 2. The normalized spacial score (nSPS) is 24.2. The van der Waals surface area contributed by atoms with Gasteiger partial charge in [0.25, 0.3) is 0 Å². The molecule has 1 aliphatic carbocycles. The fraction of sp³-hybridized carbons (Fsp3) is 0.214. The molecule has 2 amide bonds. The number of ketones is 2. The Labute approximate surface area is 208 Å². The van der Waals surface area contributed by atoms with Crippen molar-refractivity contribution in [2.45, 2.75) is 24.8 Å². The highest BCUT2D eigenvalue weighted by Crippen LogP contribution is 2.58. The Bertz CT molecular complexity index is 1480. The second-order valence-electron chi connectivity index (χ2n) is 9.42. The van der Waals surface area contributed by atoms with Gasteiger partial charge in [0.1, 0.15) is 0 Å². The average molecular weight is 505 g/mol. The van der Waals surface area contributed by atoms with E-state index < -0.39 is 64.3 Å². The molecule has 0 bridgehead atoms. The summed E-state index contributed by atoms with van der Waals surface area (Å²) < 4.78 is 47.7. The number of benzene rings is 3. The number of aryl methyl sites for hydroxylation is 1. The maximum atomic E-state index is 13.9. The summed E-state index contributed by atoms with van der Waals surface area (Å²) in [7, 11) is 0. The quantitative estimate of drug-likeness (QED) is 0.372. The summed E-state index contributed by atoms with van der Waals surface area (Å²) in [6.45, 7) is 1.84. The van der Waals surface area contributed by atoms with Crippen molar-refractivity contribution < 1.29 is 37.1 Å². The molecule has 9 heteroatoms. The van der Waals surface area contributed by atoms with Crippen molar-refractivity contribution in [3.8, 4) is 0 Å². The fourth-order valence-electron chi connectivity index (χ4n) is 5.72. The minimum absolute atomic E-state index is 0.0465. The summed E-state index contributed by atoms with van der Waals surface area (Å²) in [6.07, 6.45) is -6.05. The number of fused-ring (bicyclic) bond motifs is 3. The lowest BCUT2D eigenvalue weighted by atomic mass is 9.77. The molecule has 3 aliphatic rings. The predicted molar refractivity (Wildman–Crippen MR) is 124 cm³/mol. The van der Waals surface area contributed by atoms with Crippen LogP contribution >= 0.6 is 0 Å². The standard InChI is InChI=1S/C28H18F3NO5/c1-14-10-12-15(13-11-14)22-20-21(27(37-22)23(33)16-6-2-3-7-17(16)24(27)34)26(36)32(25(20)35)19-9-5-4-8-18(19)28(29,30)31/h2-13,20-22H,1H3/t20-,21+,22-/m1/s1. The topological polar surface area (TPSA) is 80.8 Å². The second-order valence-corrected chi connectivity index (χ2v) is 9.42. The van der Waals surface area contributed by atoms with Crippen LogP contribution in [0.3, 0.4) is 0 Å². The molecule has 3 aromatic carbocycles. The molecule has 0 radical (unpaired) electrons. The van der Waals surface area contributed by atoms with Gasteiger partial charge in [-0.05, 0) is 24.6 Å². The zero-order chi connectivity index (χ0) is 26.3. The van der Waals surface area contributed by atoms with E-state index in [-0.39, 0.29) is 11.1 Å². The van der Waals surface area contributed by atoms with E-state index in [4.69, 9.17) is 4.74 Å². The van der Waals surface area contributed by atoms with Crippen LogP contribution in [-0.2, 0) is 20.5 Å². The molecule has 0 N–H and O–H groups in total. The number of imide groups is 1. The first-order valence-corrected chi connectivity index (χ1v) is 11.5. The summed E-state index contributed by atoms with van der Waals surface area (Å²) >= 11 is 0. The minimum Gasteiger partial charge on any atom is -0.349 e. The van der Waals surface area contributed by atoms with E-state index in [2.05, 4.69) is 0 Å². The van der Waals surface area contributed by atoms with Crippen LogP contribution in [0.4, 0.5) is 18.9 Å². The maximum Gasteiger partial charge on any atom is 0.418 e. The van der Waals surface area contributed by atoms with E-state index in [0.29, 0.717) is 10.5 Å². The first kappa shape index (κ1) is 23.3. The number of carbonyl (C=O) groups excluding carboxylic acids is 4. The van der Waals surface area contributed by atoms with Gasteiger partial charge in [0, 0.05) is 11.1 Å². The van der Waals surface area contributed by atoms with Gasteiger partial charge in [-0.15, -0.1) is 0 Å². The SMILES string of the molecule is Cc1ccc([C@H]2OC3(C(=O)c4ccccc4C3=O)[C@@H]3C(=O)N(c4ccccc4C(F)(F)F)C(=O)[C@@H]23)cc1. The molecule has 3 aromatic rings. The Kier molecular flexibility index (Phi) is 4.84. The van der Waals surface area contributed by atoms with Crippen molar-refractivity contribution in [3.63, 3.8) is 0 Å². The third-order valence-corrected chi connectivity index (χ3v) is 7.38. The summed E-state index contributed by atoms with van der Waals surface area (Å²) in [6, 6.07) is 17.0. The molecule has 0 saturated carbocycles. The summed E-state index contributed by atoms with van der Waals surface area (Å²) in [5.74, 6) is -6.57. The molecule has 2 saturated heterocycles. The Morgan fingerprint density at radius 1 is 0.784 bits per heavy atom. The maximum absolute atomic E-state index is 13.9. The van der Waals surface area contributed by atoms with Crippen LogP contribution in [0, 0.1) is 18.8 Å². The molecular weight excluding hydrogens is 487 g/mol. The molecule has 6 nitrogen and oxygen atoms in total. The molecule has 1 spiro atoms. The van der Waals surface area contributed by atoms with E-state index in [0.717, 1.165) is 23.8 Å². The molecular formula is C28H18F3NO5. The molecule has 0 aromatic heterocycles. The monoisotopic (exact) mass is 505 g/mol. The fourth-order valence-corrected chi connectivity index (χ4v) is 5.72. The van der Waals surface area contributed by atoms with Crippen molar-refractivity contribution in [3.05, 3.63) is 101 Å². The van der Waals surface area contributed by atoms with Crippen LogP contribution in [0.15, 0.2) is 72.8 Å². The van der Waals surface area contributed by atoms with Gasteiger partial charge in [0.05, 0.1) is 29.2 Å². The number of hydrogen-bond acceptors (Lipinski definition) is 5. The van der Waals surface area contributed by atoms with Crippen LogP contribution in [-0.4, -0.2) is 29.0 Å². The Morgan fingerprint density at radius 3 is 1.95 bits per heavy atom. The Hall–Kier alpha value is -4.11. The minimum atomic E-state index is -4.85. The number of hydrogen-bond donors (Lipinski definition) is 0. The number of ether oxygens (including phenoxy) is 1. The summed E-state index contributed by atoms with van der Waals surface area (Å²) in [5, 5.41) is 0. The first-order chi connectivity index (χ1) is 17.6. The Morgan fingerprint density at radius 2 is 1.35 bits per heavy atom. The largest absolute Gasteiger partial charge is 0.418 e. The number of para-hydroxylation sites is 1. The van der Waals surface area contributed by atoms with E-state index in [1.165, 1.54) is 18.2 Å². The summed E-state index contributed by atoms with van der Waals surface area (Å²) in [4.78, 5) is 55.6. The molecule has 37 heavy (non-hydrogen) atoms. The van der Waals surface area contributed by atoms with Crippen molar-refractivity contribution >= 4 is 29.1 Å². The van der Waals surface area contributed by atoms with E-state index in [1.54, 1.807) is 36.4 Å². The Balaban J connectivity index is 1.56.